The number of hydrogen-bond acceptors (Lipinski definition) is 8. The lowest BCUT2D eigenvalue weighted by Crippen LogP contribution is -2.49. The Hall–Kier alpha value is -4.16. The molecular formula is C29H37F3N8O3Si. The van der Waals surface area contributed by atoms with E-state index in [2.05, 4.69) is 35.0 Å². The first-order chi connectivity index (χ1) is 20.7. The normalized spacial score (nSPS) is 14.8. The minimum Gasteiger partial charge on any atom is -0.379 e. The van der Waals surface area contributed by atoms with Crippen LogP contribution in [0.4, 0.5) is 24.7 Å². The van der Waals surface area contributed by atoms with Crippen LogP contribution in [0, 0.1) is 11.3 Å². The summed E-state index contributed by atoms with van der Waals surface area (Å²) < 4.78 is 49.7. The first-order valence-corrected chi connectivity index (χ1v) is 18.0. The van der Waals surface area contributed by atoms with E-state index in [1.165, 1.54) is 6.20 Å². The van der Waals surface area contributed by atoms with Gasteiger partial charge in [0.05, 0.1) is 23.0 Å². The number of halogens is 3. The van der Waals surface area contributed by atoms with Crippen LogP contribution in [0.2, 0.25) is 25.7 Å². The van der Waals surface area contributed by atoms with Crippen LogP contribution in [0.15, 0.2) is 47.8 Å². The molecule has 0 aliphatic carbocycles. The van der Waals surface area contributed by atoms with Crippen molar-refractivity contribution in [3.63, 3.8) is 0 Å². The van der Waals surface area contributed by atoms with E-state index in [4.69, 9.17) is 10.00 Å². The van der Waals surface area contributed by atoms with E-state index in [0.29, 0.717) is 48.6 Å². The highest BCUT2D eigenvalue weighted by atomic mass is 28.3. The number of pyridine rings is 1. The lowest BCUT2D eigenvalue weighted by Gasteiger charge is -2.35. The van der Waals surface area contributed by atoms with Gasteiger partial charge >= 0.3 is 6.18 Å². The van der Waals surface area contributed by atoms with Gasteiger partial charge in [-0.15, -0.1) is 0 Å². The van der Waals surface area contributed by atoms with Crippen molar-refractivity contribution in [3.05, 3.63) is 70.0 Å². The summed E-state index contributed by atoms with van der Waals surface area (Å²) in [5, 5.41) is 15.6. The molecular weight excluding hydrogens is 593 g/mol. The Morgan fingerprint density at radius 3 is 2.50 bits per heavy atom. The highest BCUT2D eigenvalue weighted by Gasteiger charge is 2.38. The Morgan fingerprint density at radius 2 is 1.89 bits per heavy atom. The average molecular weight is 631 g/mol. The average Bonchev–Trinajstić information content (AvgIpc) is 3.43. The van der Waals surface area contributed by atoms with E-state index in [-0.39, 0.29) is 19.2 Å². The number of ether oxygens (including phenoxy) is 1. The predicted molar refractivity (Wildman–Crippen MR) is 162 cm³/mol. The number of amides is 1. The van der Waals surface area contributed by atoms with Gasteiger partial charge in [0, 0.05) is 72.0 Å². The number of piperazine rings is 1. The third-order valence-corrected chi connectivity index (χ3v) is 8.89. The minimum atomic E-state index is -4.89. The Labute approximate surface area is 254 Å². The summed E-state index contributed by atoms with van der Waals surface area (Å²) >= 11 is 0. The topological polar surface area (TPSA) is 121 Å². The molecule has 1 saturated heterocycles. The maximum Gasteiger partial charge on any atom is 0.423 e. The quantitative estimate of drug-likeness (QED) is 0.248. The Balaban J connectivity index is 1.35. The second-order valence-corrected chi connectivity index (χ2v) is 17.6. The summed E-state index contributed by atoms with van der Waals surface area (Å²) in [7, 11) is -1.40. The SMILES string of the molecule is C[C@@H](Cn1ccc(C(=O)N2CCN(c3ccc(C#N)cn3)CC2)c1)Nc1cnn(COCC[Si](C)(C)C)c(=O)c1C(F)(F)F. The van der Waals surface area contributed by atoms with Gasteiger partial charge < -0.3 is 24.4 Å². The van der Waals surface area contributed by atoms with Gasteiger partial charge in [-0.2, -0.15) is 23.5 Å². The van der Waals surface area contributed by atoms with Crippen LogP contribution in [0.3, 0.4) is 0 Å². The lowest BCUT2D eigenvalue weighted by molar-refractivity contribution is -0.138. The molecule has 1 fully saturated rings. The third kappa shape index (κ3) is 8.47. The fraction of sp³-hybridized carbons (Fsp3) is 0.483. The molecule has 44 heavy (non-hydrogen) atoms. The molecule has 0 saturated carbocycles. The molecule has 3 aromatic rings. The Morgan fingerprint density at radius 1 is 1.16 bits per heavy atom. The van der Waals surface area contributed by atoms with Crippen molar-refractivity contribution in [2.24, 2.45) is 0 Å². The van der Waals surface area contributed by atoms with Crippen LogP contribution < -0.4 is 15.8 Å². The molecule has 4 rings (SSSR count). The highest BCUT2D eigenvalue weighted by Crippen LogP contribution is 2.32. The van der Waals surface area contributed by atoms with Gasteiger partial charge in [-0.05, 0) is 31.2 Å². The number of carbonyl (C=O) groups excluding carboxylic acids is 1. The van der Waals surface area contributed by atoms with Crippen LogP contribution in [-0.2, 0) is 24.2 Å². The number of anilines is 2. The zero-order valence-corrected chi connectivity index (χ0v) is 26.3. The number of nitrogens with zero attached hydrogens (tertiary/aromatic N) is 7. The number of alkyl halides is 3. The second-order valence-electron chi connectivity index (χ2n) is 12.0. The summed E-state index contributed by atoms with van der Waals surface area (Å²) in [6.45, 7) is 10.5. The van der Waals surface area contributed by atoms with Crippen molar-refractivity contribution >= 4 is 25.5 Å². The van der Waals surface area contributed by atoms with E-state index in [1.807, 2.05) is 11.0 Å². The fourth-order valence-corrected chi connectivity index (χ4v) is 5.52. The van der Waals surface area contributed by atoms with Gasteiger partial charge in [0.2, 0.25) is 0 Å². The molecule has 15 heteroatoms. The number of aromatic nitrogens is 4. The molecule has 0 aromatic carbocycles. The van der Waals surface area contributed by atoms with Gasteiger partial charge in [-0.1, -0.05) is 19.6 Å². The third-order valence-electron chi connectivity index (χ3n) is 7.19. The number of nitrogens with one attached hydrogen (secondary N) is 1. The van der Waals surface area contributed by atoms with E-state index < -0.39 is 37.1 Å². The predicted octanol–water partition coefficient (Wildman–Crippen LogP) is 4.11. The summed E-state index contributed by atoms with van der Waals surface area (Å²) in [5.41, 5.74) is -2.06. The summed E-state index contributed by atoms with van der Waals surface area (Å²) in [5.74, 6) is 0.603. The Bertz CT molecular complexity index is 1540. The molecule has 0 bridgehead atoms. The number of hydrogen-bond donors (Lipinski definition) is 1. The van der Waals surface area contributed by atoms with E-state index in [9.17, 15) is 22.8 Å². The van der Waals surface area contributed by atoms with Crippen LogP contribution in [0.1, 0.15) is 28.4 Å². The molecule has 0 radical (unpaired) electrons. The van der Waals surface area contributed by atoms with Crippen molar-refractivity contribution in [2.75, 3.05) is 43.0 Å². The van der Waals surface area contributed by atoms with Crippen molar-refractivity contribution in [3.8, 4) is 6.07 Å². The van der Waals surface area contributed by atoms with Gasteiger partial charge in [0.25, 0.3) is 11.5 Å². The van der Waals surface area contributed by atoms with Crippen LogP contribution in [0.25, 0.3) is 0 Å². The van der Waals surface area contributed by atoms with Gasteiger partial charge in [0.1, 0.15) is 24.2 Å². The maximum absolute atomic E-state index is 13.9. The lowest BCUT2D eigenvalue weighted by atomic mass is 10.2. The fourth-order valence-electron chi connectivity index (χ4n) is 4.76. The zero-order valence-electron chi connectivity index (χ0n) is 25.3. The molecule has 0 spiro atoms. The highest BCUT2D eigenvalue weighted by molar-refractivity contribution is 6.76. The molecule has 1 aliphatic heterocycles. The first-order valence-electron chi connectivity index (χ1n) is 14.3. The van der Waals surface area contributed by atoms with Gasteiger partial charge in [0.15, 0.2) is 0 Å². The largest absolute Gasteiger partial charge is 0.423 e. The van der Waals surface area contributed by atoms with Crippen LogP contribution in [0.5, 0.6) is 0 Å². The molecule has 3 aromatic heterocycles. The van der Waals surface area contributed by atoms with Crippen molar-refractivity contribution in [2.45, 2.75) is 58.1 Å². The molecule has 1 amide bonds. The first kappa shape index (κ1) is 32.7. The second kappa shape index (κ2) is 13.6. The molecule has 236 valence electrons. The van der Waals surface area contributed by atoms with E-state index in [0.717, 1.165) is 18.1 Å². The molecule has 11 nitrogen and oxygen atoms in total. The number of rotatable bonds is 11. The van der Waals surface area contributed by atoms with Crippen LogP contribution >= 0.6 is 0 Å². The van der Waals surface area contributed by atoms with Crippen molar-refractivity contribution < 1.29 is 22.7 Å². The smallest absolute Gasteiger partial charge is 0.379 e. The van der Waals surface area contributed by atoms with E-state index in [1.54, 1.807) is 47.0 Å². The molecule has 4 heterocycles. The van der Waals surface area contributed by atoms with Crippen molar-refractivity contribution in [1.29, 1.82) is 5.26 Å². The van der Waals surface area contributed by atoms with Gasteiger partial charge in [-0.3, -0.25) is 9.59 Å². The molecule has 1 aliphatic rings. The maximum atomic E-state index is 13.9. The van der Waals surface area contributed by atoms with Crippen molar-refractivity contribution in [1.82, 2.24) is 24.2 Å². The van der Waals surface area contributed by atoms with Gasteiger partial charge in [-0.25, -0.2) is 9.67 Å². The van der Waals surface area contributed by atoms with E-state index >= 15 is 0 Å². The molecule has 1 atom stereocenters. The summed E-state index contributed by atoms with van der Waals surface area (Å²) in [6.07, 6.45) is 0.982. The number of carbonyl (C=O) groups is 1. The molecule has 1 N–H and O–H groups in total. The minimum absolute atomic E-state index is 0.143. The summed E-state index contributed by atoms with van der Waals surface area (Å²) in [4.78, 5) is 34.0. The summed E-state index contributed by atoms with van der Waals surface area (Å²) in [6, 6.07) is 7.50. The Kier molecular flexibility index (Phi) is 10.2. The molecule has 0 unspecified atom stereocenters. The zero-order chi connectivity index (χ0) is 32.1. The van der Waals surface area contributed by atoms with Crippen LogP contribution in [-0.4, -0.2) is 77.0 Å². The standard InChI is InChI=1S/C29H37F3N8O3Si/c1-21(36-24-17-35-40(20-43-13-14-44(2,3)4)28(42)26(24)29(30,31)32)18-37-8-7-23(19-37)27(41)39-11-9-38(10-12-39)25-6-5-22(15-33)16-34-25/h5-8,16-17,19,21,36H,9-14,18,20H2,1-4H3/t21-/m0/s1. The monoisotopic (exact) mass is 630 g/mol. The number of nitriles is 1.